The van der Waals surface area contributed by atoms with Crippen LogP contribution < -0.4 is 0 Å². The highest BCUT2D eigenvalue weighted by atomic mass is 32.1. The van der Waals surface area contributed by atoms with Crippen molar-refractivity contribution in [3.8, 4) is 45.3 Å². The topological polar surface area (TPSA) is 38.7 Å². The van der Waals surface area contributed by atoms with Crippen LogP contribution in [-0.2, 0) is 0 Å². The first kappa shape index (κ1) is 38.3. The second-order valence-electron chi connectivity index (χ2n) is 18.3. The molecule has 0 radical (unpaired) electrons. The lowest BCUT2D eigenvalue weighted by atomic mass is 9.87. The fourth-order valence-electron chi connectivity index (χ4n) is 11.1. The SMILES string of the molecule is c1ccc2cc(-c3nc(-c4cc5sc6cc7ccccc7cc6c5cc4-c4cc5cc6ccccc6cc5c5ccc6ccccc6c45)nc(-c4cc5ccccc5c5ccccc45)n3)ccc2c1. The Morgan fingerprint density at radius 3 is 1.52 bits per heavy atom. The van der Waals surface area contributed by atoms with Gasteiger partial charge in [0.15, 0.2) is 17.5 Å². The molecule has 0 saturated heterocycles. The van der Waals surface area contributed by atoms with E-state index in [1.165, 1.54) is 90.2 Å². The molecule has 4 heteroatoms. The van der Waals surface area contributed by atoms with Gasteiger partial charge in [-0.3, -0.25) is 0 Å². The Morgan fingerprint density at radius 1 is 0.232 bits per heavy atom. The summed E-state index contributed by atoms with van der Waals surface area (Å²) in [5.74, 6) is 1.90. The van der Waals surface area contributed by atoms with Gasteiger partial charge in [0, 0.05) is 36.9 Å². The van der Waals surface area contributed by atoms with Gasteiger partial charge in [-0.05, 0) is 152 Å². The third-order valence-corrected chi connectivity index (χ3v) is 15.5. The van der Waals surface area contributed by atoms with Gasteiger partial charge in [-0.15, -0.1) is 11.3 Å². The Hall–Kier alpha value is -8.83. The molecule has 0 atom stereocenters. The van der Waals surface area contributed by atoms with E-state index in [-0.39, 0.29) is 0 Å². The number of aromatic nitrogens is 3. The van der Waals surface area contributed by atoms with Crippen molar-refractivity contribution >= 4 is 118 Å². The molecule has 15 aromatic rings. The van der Waals surface area contributed by atoms with Crippen molar-refractivity contribution in [2.45, 2.75) is 0 Å². The van der Waals surface area contributed by atoms with E-state index < -0.39 is 0 Å². The van der Waals surface area contributed by atoms with E-state index in [1.54, 1.807) is 0 Å². The van der Waals surface area contributed by atoms with Crippen LogP contribution in [0.3, 0.4) is 0 Å². The van der Waals surface area contributed by atoms with Gasteiger partial charge in [0.25, 0.3) is 0 Å². The number of thiophene rings is 1. The molecule has 0 aliphatic heterocycles. The first-order valence-corrected chi connectivity index (χ1v) is 24.3. The Bertz CT molecular complexity index is 4680. The van der Waals surface area contributed by atoms with Gasteiger partial charge in [0.1, 0.15) is 0 Å². The van der Waals surface area contributed by atoms with E-state index in [4.69, 9.17) is 15.0 Å². The fraction of sp³-hybridized carbons (Fsp3) is 0. The van der Waals surface area contributed by atoms with Crippen molar-refractivity contribution in [1.29, 1.82) is 0 Å². The number of hydrogen-bond acceptors (Lipinski definition) is 4. The van der Waals surface area contributed by atoms with E-state index in [1.807, 2.05) is 11.3 Å². The predicted molar refractivity (Wildman–Crippen MR) is 295 cm³/mol. The molecule has 0 spiro atoms. The Kier molecular flexibility index (Phi) is 8.23. The van der Waals surface area contributed by atoms with Crippen LogP contribution in [0.25, 0.3) is 152 Å². The molecule has 15 rings (SSSR count). The summed E-state index contributed by atoms with van der Waals surface area (Å²) >= 11 is 1.83. The van der Waals surface area contributed by atoms with E-state index >= 15 is 0 Å². The largest absolute Gasteiger partial charge is 0.208 e. The molecule has 0 amide bonds. The summed E-state index contributed by atoms with van der Waals surface area (Å²) in [7, 11) is 0. The van der Waals surface area contributed by atoms with E-state index in [2.05, 4.69) is 224 Å². The average Bonchev–Trinajstić information content (AvgIpc) is 3.76. The maximum Gasteiger partial charge on any atom is 0.164 e. The van der Waals surface area contributed by atoms with E-state index in [0.717, 1.165) is 44.0 Å². The van der Waals surface area contributed by atoms with Crippen LogP contribution in [0.1, 0.15) is 0 Å². The lowest BCUT2D eigenvalue weighted by Gasteiger charge is -2.18. The third-order valence-electron chi connectivity index (χ3n) is 14.4. The molecule has 69 heavy (non-hydrogen) atoms. The zero-order chi connectivity index (χ0) is 45.2. The first-order valence-electron chi connectivity index (χ1n) is 23.5. The summed E-state index contributed by atoms with van der Waals surface area (Å²) < 4.78 is 2.44. The zero-order valence-electron chi connectivity index (χ0n) is 37.1. The number of benzene rings is 13. The van der Waals surface area contributed by atoms with Crippen LogP contribution >= 0.6 is 11.3 Å². The summed E-state index contributed by atoms with van der Waals surface area (Å²) in [6.45, 7) is 0. The summed E-state index contributed by atoms with van der Waals surface area (Å²) in [6.07, 6.45) is 0. The van der Waals surface area contributed by atoms with Crippen molar-refractivity contribution in [2.24, 2.45) is 0 Å². The predicted octanol–water partition coefficient (Wildman–Crippen LogP) is 18.1. The first-order chi connectivity index (χ1) is 34.1. The average molecular weight is 892 g/mol. The summed E-state index contributed by atoms with van der Waals surface area (Å²) in [5.41, 5.74) is 5.10. The van der Waals surface area contributed by atoms with E-state index in [9.17, 15) is 0 Å². The molecule has 0 aliphatic rings. The minimum Gasteiger partial charge on any atom is -0.208 e. The van der Waals surface area contributed by atoms with Gasteiger partial charge in [-0.25, -0.2) is 15.0 Å². The molecule has 3 nitrogen and oxygen atoms in total. The molecular formula is C65H37N3S. The van der Waals surface area contributed by atoms with Gasteiger partial charge < -0.3 is 0 Å². The van der Waals surface area contributed by atoms with Gasteiger partial charge in [-0.1, -0.05) is 170 Å². The zero-order valence-corrected chi connectivity index (χ0v) is 37.9. The van der Waals surface area contributed by atoms with Crippen molar-refractivity contribution in [2.75, 3.05) is 0 Å². The molecule has 2 aromatic heterocycles. The smallest absolute Gasteiger partial charge is 0.164 e. The van der Waals surface area contributed by atoms with E-state index in [0.29, 0.717) is 17.5 Å². The van der Waals surface area contributed by atoms with Gasteiger partial charge >= 0.3 is 0 Å². The lowest BCUT2D eigenvalue weighted by molar-refractivity contribution is 1.08. The van der Waals surface area contributed by atoms with Crippen LogP contribution in [0.15, 0.2) is 224 Å². The van der Waals surface area contributed by atoms with Crippen molar-refractivity contribution in [1.82, 2.24) is 15.0 Å². The molecule has 0 saturated carbocycles. The van der Waals surface area contributed by atoms with Crippen LogP contribution in [0.5, 0.6) is 0 Å². The summed E-state index contributed by atoms with van der Waals surface area (Å²) in [5, 5.41) is 21.6. The van der Waals surface area contributed by atoms with Crippen molar-refractivity contribution in [3.05, 3.63) is 224 Å². The number of nitrogens with zero attached hydrogens (tertiary/aromatic N) is 3. The second-order valence-corrected chi connectivity index (χ2v) is 19.4. The van der Waals surface area contributed by atoms with Gasteiger partial charge in [0.05, 0.1) is 0 Å². The molecule has 0 bridgehead atoms. The van der Waals surface area contributed by atoms with Crippen LogP contribution in [0.4, 0.5) is 0 Å². The molecule has 318 valence electrons. The second kappa shape index (κ2) is 14.8. The highest BCUT2D eigenvalue weighted by Gasteiger charge is 2.23. The Balaban J connectivity index is 1.10. The van der Waals surface area contributed by atoms with Gasteiger partial charge in [-0.2, -0.15) is 0 Å². The number of fused-ring (bicyclic) bond motifs is 14. The maximum atomic E-state index is 5.64. The molecule has 2 heterocycles. The Labute approximate surface area is 400 Å². The van der Waals surface area contributed by atoms with Crippen LogP contribution in [-0.4, -0.2) is 15.0 Å². The van der Waals surface area contributed by atoms with Crippen LogP contribution in [0, 0.1) is 0 Å². The molecule has 13 aromatic carbocycles. The molecule has 0 aliphatic carbocycles. The normalized spacial score (nSPS) is 12.1. The minimum absolute atomic E-state index is 0.631. The maximum absolute atomic E-state index is 5.64. The lowest BCUT2D eigenvalue weighted by Crippen LogP contribution is -2.02. The monoisotopic (exact) mass is 891 g/mol. The fourth-order valence-corrected chi connectivity index (χ4v) is 12.2. The molecular weight excluding hydrogens is 855 g/mol. The van der Waals surface area contributed by atoms with Crippen LogP contribution in [0.2, 0.25) is 0 Å². The Morgan fingerprint density at radius 2 is 0.754 bits per heavy atom. The molecule has 0 fully saturated rings. The molecule has 0 unspecified atom stereocenters. The third kappa shape index (κ3) is 6.02. The standard InChI is InChI=1S/C65H37N3S/c1-2-15-40-29-46(26-25-38(40)13-1)63-66-64(58-33-45-20-8-9-21-48(45)50-23-11-12-24-51(50)58)68-65(67-63)59-37-61-56(55-32-43-18-5-6-19-44(43)35-60(55)69-61)36-54(59)57-34-47-30-41-16-3-4-17-42(41)31-53(47)52-28-27-39-14-7-10-22-49(39)62(52)57/h1-37H. The highest BCUT2D eigenvalue weighted by Crippen LogP contribution is 2.48. The highest BCUT2D eigenvalue weighted by molar-refractivity contribution is 7.26. The number of hydrogen-bond donors (Lipinski definition) is 0. The minimum atomic E-state index is 0.631. The van der Waals surface area contributed by atoms with Gasteiger partial charge in [0.2, 0.25) is 0 Å². The van der Waals surface area contributed by atoms with Crippen molar-refractivity contribution < 1.29 is 0 Å². The quantitative estimate of drug-likeness (QED) is 0.131. The summed E-state index contributed by atoms with van der Waals surface area (Å²) in [4.78, 5) is 16.6. The number of rotatable bonds is 4. The summed E-state index contributed by atoms with van der Waals surface area (Å²) in [6, 6.07) is 82.0. The molecule has 0 N–H and O–H groups in total. The van der Waals surface area contributed by atoms with Crippen molar-refractivity contribution in [3.63, 3.8) is 0 Å².